The Hall–Kier alpha value is -1.62. The third-order valence-electron chi connectivity index (χ3n) is 3.73. The molecule has 1 aliphatic carbocycles. The maximum Gasteiger partial charge on any atom is 0.184 e. The van der Waals surface area contributed by atoms with Crippen LogP contribution in [0.1, 0.15) is 25.7 Å². The van der Waals surface area contributed by atoms with Gasteiger partial charge < -0.3 is 5.73 Å². The molecule has 5 nitrogen and oxygen atoms in total. The minimum atomic E-state index is 0.534. The van der Waals surface area contributed by atoms with Crippen LogP contribution in [0.25, 0.3) is 11.4 Å². The highest BCUT2D eigenvalue weighted by Crippen LogP contribution is 2.31. The summed E-state index contributed by atoms with van der Waals surface area (Å²) >= 11 is 6.05. The number of hydrogen-bond acceptors (Lipinski definition) is 4. The van der Waals surface area contributed by atoms with Crippen molar-refractivity contribution in [3.05, 3.63) is 23.2 Å². The molecule has 2 N–H and O–H groups in total. The van der Waals surface area contributed by atoms with Crippen LogP contribution in [0, 0.1) is 5.92 Å². The van der Waals surface area contributed by atoms with Gasteiger partial charge >= 0.3 is 0 Å². The number of aromatic nitrogens is 4. The lowest BCUT2D eigenvalue weighted by molar-refractivity contribution is 0.424. The summed E-state index contributed by atoms with van der Waals surface area (Å²) in [6.07, 6.45) is 5.12. The fraction of sp³-hybridized carbons (Fsp3) is 0.462. The van der Waals surface area contributed by atoms with Gasteiger partial charge in [0.2, 0.25) is 0 Å². The number of nitrogens with zero attached hydrogens (tertiary/aromatic N) is 4. The molecule has 0 aliphatic heterocycles. The van der Waals surface area contributed by atoms with Gasteiger partial charge in [0.1, 0.15) is 0 Å². The smallest absolute Gasteiger partial charge is 0.184 e. The van der Waals surface area contributed by atoms with Crippen LogP contribution in [0.4, 0.5) is 5.69 Å². The number of rotatable bonds is 3. The first kappa shape index (κ1) is 12.4. The summed E-state index contributed by atoms with van der Waals surface area (Å²) in [4.78, 5) is 0. The highest BCUT2D eigenvalue weighted by atomic mass is 35.5. The van der Waals surface area contributed by atoms with Gasteiger partial charge in [0.05, 0.1) is 10.7 Å². The van der Waals surface area contributed by atoms with Gasteiger partial charge in [0.15, 0.2) is 5.82 Å². The van der Waals surface area contributed by atoms with Crippen molar-refractivity contribution in [1.29, 1.82) is 0 Å². The third-order valence-corrected chi connectivity index (χ3v) is 4.06. The molecule has 0 bridgehead atoms. The molecular weight excluding hydrogens is 262 g/mol. The largest absolute Gasteiger partial charge is 0.397 e. The van der Waals surface area contributed by atoms with Crippen molar-refractivity contribution in [1.82, 2.24) is 20.2 Å². The molecule has 0 spiro atoms. The van der Waals surface area contributed by atoms with Gasteiger partial charge in [-0.25, -0.2) is 4.68 Å². The van der Waals surface area contributed by atoms with Crippen LogP contribution in [0.2, 0.25) is 5.02 Å². The van der Waals surface area contributed by atoms with E-state index in [4.69, 9.17) is 17.3 Å². The molecule has 6 heteroatoms. The molecule has 0 radical (unpaired) electrons. The topological polar surface area (TPSA) is 69.6 Å². The Morgan fingerprint density at radius 2 is 2.11 bits per heavy atom. The SMILES string of the molecule is Nc1c(Cl)cccc1-c1nnnn1CC1CCCC1. The molecule has 0 atom stereocenters. The Balaban J connectivity index is 1.92. The second-order valence-corrected chi connectivity index (χ2v) is 5.44. The zero-order valence-corrected chi connectivity index (χ0v) is 11.3. The second-order valence-electron chi connectivity index (χ2n) is 5.04. The fourth-order valence-corrected chi connectivity index (χ4v) is 2.86. The Bertz CT molecular complexity index is 574. The van der Waals surface area contributed by atoms with Crippen molar-refractivity contribution in [2.24, 2.45) is 5.92 Å². The van der Waals surface area contributed by atoms with Gasteiger partial charge in [-0.2, -0.15) is 0 Å². The van der Waals surface area contributed by atoms with Crippen molar-refractivity contribution in [3.63, 3.8) is 0 Å². The number of nitrogens with two attached hydrogens (primary N) is 1. The molecule has 1 aromatic heterocycles. The minimum absolute atomic E-state index is 0.534. The fourth-order valence-electron chi connectivity index (χ4n) is 2.69. The van der Waals surface area contributed by atoms with Gasteiger partial charge in [-0.15, -0.1) is 5.10 Å². The van der Waals surface area contributed by atoms with Crippen LogP contribution >= 0.6 is 11.6 Å². The Labute approximate surface area is 116 Å². The van der Waals surface area contributed by atoms with Gasteiger partial charge in [-0.1, -0.05) is 30.5 Å². The third kappa shape index (κ3) is 2.42. The predicted octanol–water partition coefficient (Wildman–Crippen LogP) is 2.77. The van der Waals surface area contributed by atoms with E-state index in [2.05, 4.69) is 15.5 Å². The molecule has 1 heterocycles. The van der Waals surface area contributed by atoms with Gasteiger partial charge in [-0.05, 0) is 41.3 Å². The molecule has 1 aromatic carbocycles. The van der Waals surface area contributed by atoms with E-state index in [0.29, 0.717) is 22.5 Å². The molecule has 1 fully saturated rings. The number of halogens is 1. The summed E-state index contributed by atoms with van der Waals surface area (Å²) in [5.41, 5.74) is 7.35. The minimum Gasteiger partial charge on any atom is -0.397 e. The normalized spacial score (nSPS) is 16.1. The van der Waals surface area contributed by atoms with Crippen LogP contribution in [-0.4, -0.2) is 20.2 Å². The highest BCUT2D eigenvalue weighted by Gasteiger charge is 2.20. The van der Waals surface area contributed by atoms with Crippen LogP contribution in [0.3, 0.4) is 0 Å². The Morgan fingerprint density at radius 3 is 2.89 bits per heavy atom. The van der Waals surface area contributed by atoms with E-state index in [1.54, 1.807) is 6.07 Å². The van der Waals surface area contributed by atoms with Gasteiger partial charge in [-0.3, -0.25) is 0 Å². The van der Waals surface area contributed by atoms with Crippen LogP contribution in [-0.2, 0) is 6.54 Å². The quantitative estimate of drug-likeness (QED) is 0.876. The number of benzene rings is 1. The van der Waals surface area contributed by atoms with Gasteiger partial charge in [0, 0.05) is 12.1 Å². The second kappa shape index (κ2) is 5.17. The van der Waals surface area contributed by atoms with E-state index in [9.17, 15) is 0 Å². The van der Waals surface area contributed by atoms with Gasteiger partial charge in [0.25, 0.3) is 0 Å². The number of para-hydroxylation sites is 1. The molecular formula is C13H16ClN5. The number of nitrogen functional groups attached to an aromatic ring is 1. The lowest BCUT2D eigenvalue weighted by atomic mass is 10.1. The van der Waals surface area contributed by atoms with Crippen molar-refractivity contribution in [3.8, 4) is 11.4 Å². The summed E-state index contributed by atoms with van der Waals surface area (Å²) < 4.78 is 1.85. The first-order valence-corrected chi connectivity index (χ1v) is 6.94. The van der Waals surface area contributed by atoms with Crippen molar-refractivity contribution in [2.45, 2.75) is 32.2 Å². The average molecular weight is 278 g/mol. The summed E-state index contributed by atoms with van der Waals surface area (Å²) in [7, 11) is 0. The molecule has 19 heavy (non-hydrogen) atoms. The van der Waals surface area contributed by atoms with E-state index in [0.717, 1.165) is 12.1 Å². The molecule has 1 saturated carbocycles. The van der Waals surface area contributed by atoms with Crippen LogP contribution in [0.5, 0.6) is 0 Å². The zero-order chi connectivity index (χ0) is 13.2. The Morgan fingerprint density at radius 1 is 1.32 bits per heavy atom. The summed E-state index contributed by atoms with van der Waals surface area (Å²) in [5.74, 6) is 1.37. The molecule has 2 aromatic rings. The lowest BCUT2D eigenvalue weighted by Gasteiger charge is -2.11. The average Bonchev–Trinajstić information content (AvgIpc) is 3.05. The van der Waals surface area contributed by atoms with E-state index < -0.39 is 0 Å². The monoisotopic (exact) mass is 277 g/mol. The molecule has 0 saturated heterocycles. The number of anilines is 1. The summed E-state index contributed by atoms with van der Waals surface area (Å²) in [5, 5.41) is 12.5. The summed E-state index contributed by atoms with van der Waals surface area (Å²) in [6, 6.07) is 5.53. The molecule has 1 aliphatic rings. The van der Waals surface area contributed by atoms with E-state index in [1.165, 1.54) is 25.7 Å². The molecule has 3 rings (SSSR count). The van der Waals surface area contributed by atoms with E-state index in [-0.39, 0.29) is 0 Å². The molecule has 100 valence electrons. The number of hydrogen-bond donors (Lipinski definition) is 1. The van der Waals surface area contributed by atoms with E-state index >= 15 is 0 Å². The predicted molar refractivity (Wildman–Crippen MR) is 74.6 cm³/mol. The van der Waals surface area contributed by atoms with Crippen molar-refractivity contribution >= 4 is 17.3 Å². The molecule has 0 amide bonds. The first-order chi connectivity index (χ1) is 9.25. The Kier molecular flexibility index (Phi) is 3.38. The van der Waals surface area contributed by atoms with Crippen LogP contribution in [0.15, 0.2) is 18.2 Å². The zero-order valence-electron chi connectivity index (χ0n) is 10.6. The number of tetrazole rings is 1. The first-order valence-electron chi connectivity index (χ1n) is 6.56. The van der Waals surface area contributed by atoms with Crippen LogP contribution < -0.4 is 5.73 Å². The van der Waals surface area contributed by atoms with Crippen molar-refractivity contribution < 1.29 is 0 Å². The van der Waals surface area contributed by atoms with E-state index in [1.807, 2.05) is 16.8 Å². The highest BCUT2D eigenvalue weighted by molar-refractivity contribution is 6.33. The lowest BCUT2D eigenvalue weighted by Crippen LogP contribution is -2.11. The maximum absolute atomic E-state index is 6.05. The molecule has 0 unspecified atom stereocenters. The summed E-state index contributed by atoms with van der Waals surface area (Å²) in [6.45, 7) is 0.855. The maximum atomic E-state index is 6.05. The van der Waals surface area contributed by atoms with Crippen molar-refractivity contribution in [2.75, 3.05) is 5.73 Å². The standard InChI is InChI=1S/C13H16ClN5/c14-11-7-3-6-10(12(11)15)13-16-17-18-19(13)8-9-4-1-2-5-9/h3,6-7,9H,1-2,4-5,8,15H2.